The molecule has 6 heteroatoms. The van der Waals surface area contributed by atoms with Crippen molar-refractivity contribution in [1.29, 1.82) is 0 Å². The fourth-order valence-corrected chi connectivity index (χ4v) is 3.31. The van der Waals surface area contributed by atoms with E-state index in [1.165, 1.54) is 0 Å². The van der Waals surface area contributed by atoms with Crippen molar-refractivity contribution in [3.05, 3.63) is 29.8 Å². The average Bonchev–Trinajstić information content (AvgIpc) is 2.33. The monoisotopic (exact) mass is 270 g/mol. The number of nitrogens with one attached hydrogen (secondary N) is 1. The van der Waals surface area contributed by atoms with Crippen LogP contribution in [0.15, 0.2) is 29.2 Å². The first-order chi connectivity index (χ1) is 8.55. The zero-order valence-corrected chi connectivity index (χ0v) is 11.1. The fraction of sp³-hybridized carbons (Fsp3) is 0.500. The molecule has 0 amide bonds. The van der Waals surface area contributed by atoms with Gasteiger partial charge in [0, 0.05) is 19.7 Å². The van der Waals surface area contributed by atoms with E-state index in [0.717, 1.165) is 18.4 Å². The van der Waals surface area contributed by atoms with Crippen LogP contribution < -0.4 is 10.5 Å². The van der Waals surface area contributed by atoms with Crippen LogP contribution in [0, 0.1) is 0 Å². The van der Waals surface area contributed by atoms with Gasteiger partial charge in [0.15, 0.2) is 0 Å². The van der Waals surface area contributed by atoms with Crippen LogP contribution >= 0.6 is 0 Å². The van der Waals surface area contributed by atoms with Crippen LogP contribution in [0.3, 0.4) is 0 Å². The minimum Gasteiger partial charge on any atom is -0.381 e. The molecule has 0 spiro atoms. The summed E-state index contributed by atoms with van der Waals surface area (Å²) in [6.45, 7) is 0.332. The summed E-state index contributed by atoms with van der Waals surface area (Å²) in [7, 11) is -1.81. The Morgan fingerprint density at radius 3 is 2.78 bits per heavy atom. The first-order valence-electron chi connectivity index (χ1n) is 5.89. The number of sulfonamides is 1. The molecule has 0 heterocycles. The summed E-state index contributed by atoms with van der Waals surface area (Å²) < 4.78 is 32.0. The van der Waals surface area contributed by atoms with Crippen LogP contribution in [0.1, 0.15) is 18.4 Å². The number of methoxy groups -OCH3 is 1. The van der Waals surface area contributed by atoms with Crippen LogP contribution in [-0.2, 0) is 21.3 Å². The summed E-state index contributed by atoms with van der Waals surface area (Å²) in [5.41, 5.74) is 6.31. The van der Waals surface area contributed by atoms with Crippen LogP contribution in [0.4, 0.5) is 0 Å². The topological polar surface area (TPSA) is 81.4 Å². The maximum atomic E-state index is 12.1. The maximum absolute atomic E-state index is 12.1. The number of hydrogen-bond donors (Lipinski definition) is 2. The van der Waals surface area contributed by atoms with E-state index in [0.29, 0.717) is 6.54 Å². The Labute approximate surface area is 107 Å². The average molecular weight is 270 g/mol. The molecule has 100 valence electrons. The third kappa shape index (κ3) is 2.89. The van der Waals surface area contributed by atoms with Gasteiger partial charge < -0.3 is 10.5 Å². The summed E-state index contributed by atoms with van der Waals surface area (Å²) in [5.74, 6) is 0. The molecule has 0 unspecified atom stereocenters. The standard InChI is InChI=1S/C12H18N2O3S/c1-17-11-6-10(7-11)14-18(15,16)12-4-2-3-9(5-12)8-13/h2-5,10-11,14H,6-8,13H2,1H3. The SMILES string of the molecule is COC1CC(NS(=O)(=O)c2cccc(CN)c2)C1. The third-order valence-corrected chi connectivity index (χ3v) is 4.71. The first-order valence-corrected chi connectivity index (χ1v) is 7.37. The normalized spacial score (nSPS) is 23.7. The Balaban J connectivity index is 2.06. The summed E-state index contributed by atoms with van der Waals surface area (Å²) in [6, 6.07) is 6.67. The van der Waals surface area contributed by atoms with Crippen molar-refractivity contribution in [3.8, 4) is 0 Å². The lowest BCUT2D eigenvalue weighted by Crippen LogP contribution is -2.47. The molecule has 0 bridgehead atoms. The summed E-state index contributed by atoms with van der Waals surface area (Å²) in [4.78, 5) is 0.270. The van der Waals surface area contributed by atoms with Gasteiger partial charge in [0.1, 0.15) is 0 Å². The molecule has 5 nitrogen and oxygen atoms in total. The number of hydrogen-bond acceptors (Lipinski definition) is 4. The van der Waals surface area contributed by atoms with Crippen LogP contribution in [0.2, 0.25) is 0 Å². The van der Waals surface area contributed by atoms with Crippen molar-refractivity contribution in [2.24, 2.45) is 5.73 Å². The van der Waals surface area contributed by atoms with Crippen molar-refractivity contribution >= 4 is 10.0 Å². The molecule has 1 fully saturated rings. The second-order valence-corrected chi connectivity index (χ2v) is 6.21. The zero-order chi connectivity index (χ0) is 13.2. The van der Waals surface area contributed by atoms with Gasteiger partial charge in [-0.25, -0.2) is 13.1 Å². The molecule has 1 aromatic carbocycles. The van der Waals surface area contributed by atoms with Gasteiger partial charge in [0.25, 0.3) is 0 Å². The molecule has 0 aromatic heterocycles. The highest BCUT2D eigenvalue weighted by atomic mass is 32.2. The molecule has 3 N–H and O–H groups in total. The number of nitrogens with two attached hydrogens (primary N) is 1. The smallest absolute Gasteiger partial charge is 0.240 e. The maximum Gasteiger partial charge on any atom is 0.240 e. The minimum absolute atomic E-state index is 0.0264. The molecular formula is C12H18N2O3S. The van der Waals surface area contributed by atoms with Crippen LogP contribution in [0.25, 0.3) is 0 Å². The second-order valence-electron chi connectivity index (χ2n) is 4.50. The summed E-state index contributed by atoms with van der Waals surface area (Å²) in [5, 5.41) is 0. The first kappa shape index (κ1) is 13.5. The Kier molecular flexibility index (Phi) is 4.01. The molecule has 1 aromatic rings. The molecule has 18 heavy (non-hydrogen) atoms. The Hall–Kier alpha value is -0.950. The molecule has 2 rings (SSSR count). The van der Waals surface area contributed by atoms with Gasteiger partial charge >= 0.3 is 0 Å². The van der Waals surface area contributed by atoms with Crippen molar-refractivity contribution in [2.45, 2.75) is 36.4 Å². The molecule has 1 saturated carbocycles. The van der Waals surface area contributed by atoms with Gasteiger partial charge in [-0.1, -0.05) is 12.1 Å². The highest BCUT2D eigenvalue weighted by molar-refractivity contribution is 7.89. The van der Waals surface area contributed by atoms with E-state index in [2.05, 4.69) is 4.72 Å². The van der Waals surface area contributed by atoms with Crippen molar-refractivity contribution < 1.29 is 13.2 Å². The lowest BCUT2D eigenvalue weighted by atomic mass is 9.90. The molecule has 1 aliphatic carbocycles. The van der Waals surface area contributed by atoms with Gasteiger partial charge in [-0.15, -0.1) is 0 Å². The van der Waals surface area contributed by atoms with Gasteiger partial charge in [-0.05, 0) is 30.5 Å². The number of ether oxygens (including phenoxy) is 1. The lowest BCUT2D eigenvalue weighted by Gasteiger charge is -2.34. The second kappa shape index (κ2) is 5.36. The largest absolute Gasteiger partial charge is 0.381 e. The van der Waals surface area contributed by atoms with Gasteiger partial charge in [0.05, 0.1) is 11.0 Å². The number of benzene rings is 1. The van der Waals surface area contributed by atoms with Gasteiger partial charge in [0.2, 0.25) is 10.0 Å². The molecule has 0 saturated heterocycles. The predicted octanol–water partition coefficient (Wildman–Crippen LogP) is 0.601. The van der Waals surface area contributed by atoms with Crippen LogP contribution in [-0.4, -0.2) is 27.7 Å². The fourth-order valence-electron chi connectivity index (χ4n) is 1.98. The van der Waals surface area contributed by atoms with Gasteiger partial charge in [-0.2, -0.15) is 0 Å². The molecule has 1 aliphatic rings. The Morgan fingerprint density at radius 2 is 2.17 bits per heavy atom. The third-order valence-electron chi connectivity index (χ3n) is 3.19. The predicted molar refractivity (Wildman–Crippen MR) is 68.5 cm³/mol. The highest BCUT2D eigenvalue weighted by Gasteiger charge is 2.32. The van der Waals surface area contributed by atoms with Gasteiger partial charge in [-0.3, -0.25) is 0 Å². The van der Waals surface area contributed by atoms with E-state index in [1.807, 2.05) is 6.07 Å². The Bertz CT molecular complexity index is 510. The quantitative estimate of drug-likeness (QED) is 0.821. The Morgan fingerprint density at radius 1 is 1.44 bits per heavy atom. The van der Waals surface area contributed by atoms with Crippen molar-refractivity contribution in [1.82, 2.24) is 4.72 Å². The molecular weight excluding hydrogens is 252 g/mol. The van der Waals surface area contributed by atoms with E-state index in [1.54, 1.807) is 25.3 Å². The summed E-state index contributed by atoms with van der Waals surface area (Å²) in [6.07, 6.45) is 1.63. The number of rotatable bonds is 5. The van der Waals surface area contributed by atoms with E-state index >= 15 is 0 Å². The van der Waals surface area contributed by atoms with E-state index in [4.69, 9.17) is 10.5 Å². The molecule has 0 atom stereocenters. The summed E-state index contributed by atoms with van der Waals surface area (Å²) >= 11 is 0. The van der Waals surface area contributed by atoms with E-state index in [9.17, 15) is 8.42 Å². The van der Waals surface area contributed by atoms with E-state index < -0.39 is 10.0 Å². The molecule has 0 aliphatic heterocycles. The molecule has 0 radical (unpaired) electrons. The van der Waals surface area contributed by atoms with Crippen LogP contribution in [0.5, 0.6) is 0 Å². The minimum atomic E-state index is -3.45. The zero-order valence-electron chi connectivity index (χ0n) is 10.3. The van der Waals surface area contributed by atoms with Crippen molar-refractivity contribution in [3.63, 3.8) is 0 Å². The lowest BCUT2D eigenvalue weighted by molar-refractivity contribution is 0.0236. The van der Waals surface area contributed by atoms with Crippen molar-refractivity contribution in [2.75, 3.05) is 7.11 Å². The highest BCUT2D eigenvalue weighted by Crippen LogP contribution is 2.24. The van der Waals surface area contributed by atoms with E-state index in [-0.39, 0.29) is 17.0 Å².